The molecule has 30 heavy (non-hydrogen) atoms. The van der Waals surface area contributed by atoms with Crippen molar-refractivity contribution in [2.24, 2.45) is 4.74 Å². The minimum Gasteiger partial charge on any atom is -0.253 e. The summed E-state index contributed by atoms with van der Waals surface area (Å²) in [6.07, 6.45) is 5.83. The average Bonchev–Trinajstić information content (AvgIpc) is 2.83. The molecule has 0 spiro atoms. The van der Waals surface area contributed by atoms with Gasteiger partial charge in [0.25, 0.3) is 0 Å². The van der Waals surface area contributed by atoms with Crippen LogP contribution in [-0.2, 0) is 0 Å². The van der Waals surface area contributed by atoms with E-state index in [0.29, 0.717) is 0 Å². The summed E-state index contributed by atoms with van der Waals surface area (Å²) in [6.45, 7) is 3.81. The van der Waals surface area contributed by atoms with Crippen molar-refractivity contribution < 1.29 is 0 Å². The van der Waals surface area contributed by atoms with Crippen LogP contribution in [0.15, 0.2) is 139 Å². The summed E-state index contributed by atoms with van der Waals surface area (Å²) >= 11 is 0. The zero-order chi connectivity index (χ0) is 20.7. The Bertz CT molecular complexity index is 1090. The molecule has 4 rings (SSSR count). The van der Waals surface area contributed by atoms with E-state index in [9.17, 15) is 0 Å². The van der Waals surface area contributed by atoms with Crippen molar-refractivity contribution in [3.63, 3.8) is 0 Å². The predicted molar refractivity (Wildman–Crippen MR) is 133 cm³/mol. The highest BCUT2D eigenvalue weighted by atomic mass is 31.2. The number of hydrogen-bond donors (Lipinski definition) is 0. The zero-order valence-corrected chi connectivity index (χ0v) is 17.7. The number of rotatable bonds is 6. The lowest BCUT2D eigenvalue weighted by atomic mass is 10.2. The van der Waals surface area contributed by atoms with E-state index in [2.05, 4.69) is 128 Å². The molecule has 1 nitrogen and oxygen atoms in total. The van der Waals surface area contributed by atoms with Crippen molar-refractivity contribution in [2.75, 3.05) is 0 Å². The molecule has 0 unspecified atom stereocenters. The van der Waals surface area contributed by atoms with Gasteiger partial charge in [-0.2, -0.15) is 0 Å². The molecule has 4 aromatic rings. The van der Waals surface area contributed by atoms with Gasteiger partial charge in [0.2, 0.25) is 0 Å². The maximum Gasteiger partial charge on any atom is 0.0697 e. The Balaban J connectivity index is 2.13. The van der Waals surface area contributed by atoms with Crippen LogP contribution in [0.5, 0.6) is 0 Å². The van der Waals surface area contributed by atoms with Crippen molar-refractivity contribution in [3.8, 4) is 0 Å². The molecule has 4 aromatic carbocycles. The maximum atomic E-state index is 5.58. The van der Waals surface area contributed by atoms with Crippen molar-refractivity contribution in [1.29, 1.82) is 0 Å². The second-order valence-corrected chi connectivity index (χ2v) is 9.92. The molecule has 0 aliphatic heterocycles. The first-order valence-electron chi connectivity index (χ1n) is 10.0. The summed E-state index contributed by atoms with van der Waals surface area (Å²) in [5, 5.41) is 3.72. The van der Waals surface area contributed by atoms with Gasteiger partial charge in [-0.3, -0.25) is 4.74 Å². The Hall–Kier alpha value is -3.41. The van der Waals surface area contributed by atoms with Gasteiger partial charge in [0.1, 0.15) is 0 Å². The smallest absolute Gasteiger partial charge is 0.0697 e. The van der Waals surface area contributed by atoms with Crippen molar-refractivity contribution in [2.45, 2.75) is 0 Å². The summed E-state index contributed by atoms with van der Waals surface area (Å²) in [7, 11) is -2.27. The zero-order valence-electron chi connectivity index (χ0n) is 16.8. The van der Waals surface area contributed by atoms with E-state index in [1.165, 1.54) is 15.9 Å². The molecule has 0 aliphatic rings. The first kappa shape index (κ1) is 19.9. The van der Waals surface area contributed by atoms with Crippen LogP contribution >= 0.6 is 7.05 Å². The first-order chi connectivity index (χ1) is 14.8. The molecule has 146 valence electrons. The summed E-state index contributed by atoms with van der Waals surface area (Å²) in [5.41, 5.74) is 2.07. The molecule has 0 saturated heterocycles. The fourth-order valence-electron chi connectivity index (χ4n) is 3.60. The SMILES string of the molecule is C=C/C=C/c1ccccc1N=P(c1ccccc1)(c1ccccc1)c1ccccc1. The number of allylic oxidation sites excluding steroid dienone is 2. The number of nitrogens with zero attached hydrogens (tertiary/aromatic N) is 1. The van der Waals surface area contributed by atoms with E-state index in [0.717, 1.165) is 11.3 Å². The summed E-state index contributed by atoms with van der Waals surface area (Å²) in [4.78, 5) is 0. The highest BCUT2D eigenvalue weighted by molar-refractivity contribution is 7.87. The predicted octanol–water partition coefficient (Wildman–Crippen LogP) is 6.70. The van der Waals surface area contributed by atoms with Crippen LogP contribution in [0.25, 0.3) is 6.08 Å². The van der Waals surface area contributed by atoms with Crippen LogP contribution in [-0.4, -0.2) is 0 Å². The van der Waals surface area contributed by atoms with E-state index in [4.69, 9.17) is 4.74 Å². The van der Waals surface area contributed by atoms with Gasteiger partial charge in [0.15, 0.2) is 0 Å². The molecule has 0 aromatic heterocycles. The normalized spacial score (nSPS) is 11.3. The van der Waals surface area contributed by atoms with Gasteiger partial charge in [-0.25, -0.2) is 0 Å². The van der Waals surface area contributed by atoms with E-state index in [-0.39, 0.29) is 0 Å². The van der Waals surface area contributed by atoms with Crippen LogP contribution in [0, 0.1) is 0 Å². The van der Waals surface area contributed by atoms with Gasteiger partial charge >= 0.3 is 0 Å². The Labute approximate surface area is 179 Å². The molecule has 0 heterocycles. The lowest BCUT2D eigenvalue weighted by Gasteiger charge is -2.27. The Kier molecular flexibility index (Phi) is 6.23. The Morgan fingerprint density at radius 2 is 1.00 bits per heavy atom. The molecule has 0 atom stereocenters. The van der Waals surface area contributed by atoms with Crippen LogP contribution in [0.3, 0.4) is 0 Å². The molecule has 0 radical (unpaired) electrons. The summed E-state index contributed by atoms with van der Waals surface area (Å²) in [5.74, 6) is 0. The quantitative estimate of drug-likeness (QED) is 0.250. The Morgan fingerprint density at radius 3 is 1.47 bits per heavy atom. The fourth-order valence-corrected chi connectivity index (χ4v) is 7.16. The molecule has 0 bridgehead atoms. The van der Waals surface area contributed by atoms with E-state index in [1.807, 2.05) is 6.08 Å². The van der Waals surface area contributed by atoms with Crippen LogP contribution < -0.4 is 15.9 Å². The third kappa shape index (κ3) is 3.99. The minimum absolute atomic E-state index is 0.987. The minimum atomic E-state index is -2.27. The van der Waals surface area contributed by atoms with Gasteiger partial charge in [-0.15, -0.1) is 0 Å². The largest absolute Gasteiger partial charge is 0.253 e. The van der Waals surface area contributed by atoms with Crippen LogP contribution in [0.1, 0.15) is 5.56 Å². The molecule has 0 amide bonds. The van der Waals surface area contributed by atoms with Gasteiger partial charge in [-0.1, -0.05) is 134 Å². The maximum absolute atomic E-state index is 5.58. The highest BCUT2D eigenvalue weighted by Crippen LogP contribution is 2.49. The molecule has 0 N–H and O–H groups in total. The van der Waals surface area contributed by atoms with Crippen LogP contribution in [0.2, 0.25) is 0 Å². The summed E-state index contributed by atoms with van der Waals surface area (Å²) in [6, 6.07) is 40.4. The molecule has 0 saturated carbocycles. The molecule has 2 heteroatoms. The van der Waals surface area contributed by atoms with E-state index < -0.39 is 7.05 Å². The third-order valence-electron chi connectivity index (χ3n) is 5.00. The van der Waals surface area contributed by atoms with Gasteiger partial charge in [-0.05, 0) is 6.07 Å². The third-order valence-corrected chi connectivity index (χ3v) is 8.65. The Morgan fingerprint density at radius 1 is 0.567 bits per heavy atom. The van der Waals surface area contributed by atoms with Crippen LogP contribution in [0.4, 0.5) is 5.69 Å². The average molecular weight is 405 g/mol. The van der Waals surface area contributed by atoms with E-state index in [1.54, 1.807) is 6.08 Å². The van der Waals surface area contributed by atoms with Gasteiger partial charge < -0.3 is 0 Å². The standard InChI is InChI=1S/C28H24NP/c1-2-3-15-24-16-13-14-23-28(24)29-30(25-17-7-4-8-18-25,26-19-9-5-10-20-26)27-21-11-6-12-22-27/h2-23H,1H2/b15-3+. The van der Waals surface area contributed by atoms with E-state index >= 15 is 0 Å². The molecular formula is C28H24NP. The van der Waals surface area contributed by atoms with Crippen molar-refractivity contribution in [1.82, 2.24) is 0 Å². The fraction of sp³-hybridized carbons (Fsp3) is 0. The molecule has 0 aliphatic carbocycles. The highest BCUT2D eigenvalue weighted by Gasteiger charge is 2.27. The van der Waals surface area contributed by atoms with Gasteiger partial charge in [0.05, 0.1) is 12.7 Å². The topological polar surface area (TPSA) is 12.4 Å². The monoisotopic (exact) mass is 405 g/mol. The lowest BCUT2D eigenvalue weighted by Crippen LogP contribution is -2.25. The lowest BCUT2D eigenvalue weighted by molar-refractivity contribution is 1.52. The number of benzene rings is 4. The first-order valence-corrected chi connectivity index (χ1v) is 11.8. The molecule has 0 fully saturated rings. The second kappa shape index (κ2) is 9.39. The number of hydrogen-bond acceptors (Lipinski definition) is 1. The van der Waals surface area contributed by atoms with Crippen molar-refractivity contribution in [3.05, 3.63) is 140 Å². The molecular weight excluding hydrogens is 381 g/mol. The van der Waals surface area contributed by atoms with Crippen molar-refractivity contribution >= 4 is 34.7 Å². The summed E-state index contributed by atoms with van der Waals surface area (Å²) < 4.78 is 5.58. The second-order valence-electron chi connectivity index (χ2n) is 6.90. The van der Waals surface area contributed by atoms with Gasteiger partial charge in [0, 0.05) is 21.5 Å².